The number of amides is 1. The Morgan fingerprint density at radius 3 is 2.90 bits per heavy atom. The van der Waals surface area contributed by atoms with Gasteiger partial charge in [0.2, 0.25) is 0 Å². The van der Waals surface area contributed by atoms with E-state index in [1.807, 2.05) is 30.0 Å². The molecule has 1 saturated heterocycles. The number of benzene rings is 1. The monoisotopic (exact) mass is 289 g/mol. The molecule has 1 unspecified atom stereocenters. The molecule has 21 heavy (non-hydrogen) atoms. The van der Waals surface area contributed by atoms with E-state index in [0.717, 1.165) is 42.9 Å². The first kappa shape index (κ1) is 14.2. The van der Waals surface area contributed by atoms with E-state index in [1.54, 1.807) is 0 Å². The van der Waals surface area contributed by atoms with Crippen LogP contribution in [0.25, 0.3) is 0 Å². The molecule has 1 fully saturated rings. The summed E-state index contributed by atoms with van der Waals surface area (Å²) < 4.78 is 0. The van der Waals surface area contributed by atoms with E-state index >= 15 is 0 Å². The number of likely N-dealkylation sites (tertiary alicyclic amines) is 1. The number of carbonyl (C=O) groups is 1. The number of rotatable bonds is 1. The Hall–Kier alpha value is -1.75. The van der Waals surface area contributed by atoms with Gasteiger partial charge in [0.05, 0.1) is 22.5 Å². The molecule has 5 nitrogen and oxygen atoms in total. The molecule has 0 aromatic heterocycles. The van der Waals surface area contributed by atoms with Gasteiger partial charge in [-0.1, -0.05) is 6.07 Å². The summed E-state index contributed by atoms with van der Waals surface area (Å²) in [6.07, 6.45) is 2.24. The van der Waals surface area contributed by atoms with Crippen molar-refractivity contribution in [3.8, 4) is 0 Å². The maximum Gasteiger partial charge on any atom is 0.256 e. The molecule has 1 amide bonds. The first-order valence-electron chi connectivity index (χ1n) is 7.69. The maximum absolute atomic E-state index is 12.8. The summed E-state index contributed by atoms with van der Waals surface area (Å²) in [5.74, 6) is 0.0563. The largest absolute Gasteiger partial charge is 0.390 e. The van der Waals surface area contributed by atoms with Crippen molar-refractivity contribution in [2.24, 2.45) is 0 Å². The van der Waals surface area contributed by atoms with Crippen LogP contribution in [0, 0.1) is 0 Å². The zero-order chi connectivity index (χ0) is 14.9. The van der Waals surface area contributed by atoms with Gasteiger partial charge in [0.1, 0.15) is 0 Å². The number of fused-ring (bicyclic) bond motifs is 1. The topological polar surface area (TPSA) is 64.6 Å². The summed E-state index contributed by atoms with van der Waals surface area (Å²) in [7, 11) is 0. The Morgan fingerprint density at radius 1 is 1.24 bits per heavy atom. The fraction of sp³-hybridized carbons (Fsp3) is 0.562. The molecule has 0 spiro atoms. The molecule has 2 aliphatic heterocycles. The molecule has 0 bridgehead atoms. The summed E-state index contributed by atoms with van der Waals surface area (Å²) in [5, 5.41) is 16.8. The fourth-order valence-electron chi connectivity index (χ4n) is 3.09. The van der Waals surface area contributed by atoms with E-state index in [-0.39, 0.29) is 5.91 Å². The number of hydrogen-bond donors (Lipinski definition) is 3. The van der Waals surface area contributed by atoms with E-state index in [2.05, 4.69) is 10.6 Å². The van der Waals surface area contributed by atoms with Crippen molar-refractivity contribution in [3.63, 3.8) is 0 Å². The zero-order valence-corrected chi connectivity index (χ0v) is 12.5. The van der Waals surface area contributed by atoms with Crippen molar-refractivity contribution >= 4 is 17.3 Å². The molecule has 1 aromatic rings. The Morgan fingerprint density at radius 2 is 2.05 bits per heavy atom. The van der Waals surface area contributed by atoms with Crippen molar-refractivity contribution in [3.05, 3.63) is 23.8 Å². The lowest BCUT2D eigenvalue weighted by Crippen LogP contribution is -2.34. The number of nitrogens with zero attached hydrogens (tertiary/aromatic N) is 1. The lowest BCUT2D eigenvalue weighted by atomic mass is 9.98. The van der Waals surface area contributed by atoms with Gasteiger partial charge in [0.15, 0.2) is 0 Å². The van der Waals surface area contributed by atoms with Gasteiger partial charge in [0.25, 0.3) is 5.91 Å². The van der Waals surface area contributed by atoms with Gasteiger partial charge in [-0.25, -0.2) is 0 Å². The number of carbonyl (C=O) groups excluding carboxylic acids is 1. The molecule has 0 saturated carbocycles. The van der Waals surface area contributed by atoms with Crippen LogP contribution in [0.1, 0.15) is 36.5 Å². The van der Waals surface area contributed by atoms with Gasteiger partial charge < -0.3 is 20.6 Å². The smallest absolute Gasteiger partial charge is 0.256 e. The van der Waals surface area contributed by atoms with Gasteiger partial charge >= 0.3 is 0 Å². The molecule has 1 atom stereocenters. The molecule has 3 rings (SSSR count). The highest BCUT2D eigenvalue weighted by Crippen LogP contribution is 2.30. The zero-order valence-electron chi connectivity index (χ0n) is 12.5. The molecule has 2 heterocycles. The normalized spacial score (nSPS) is 25.3. The van der Waals surface area contributed by atoms with E-state index in [1.165, 1.54) is 0 Å². The number of anilines is 2. The van der Waals surface area contributed by atoms with Crippen molar-refractivity contribution < 1.29 is 9.90 Å². The summed E-state index contributed by atoms with van der Waals surface area (Å²) >= 11 is 0. The standard InChI is InChI=1S/C16H23N3O2/c1-16(21)6-3-10-19(11-7-16)15(20)12-4-2-5-13-14(12)18-9-8-17-13/h2,4-5,17-18,21H,3,6-11H2,1H3. The highest BCUT2D eigenvalue weighted by atomic mass is 16.3. The minimum Gasteiger partial charge on any atom is -0.390 e. The molecule has 114 valence electrons. The van der Waals surface area contributed by atoms with Crippen LogP contribution in [0.4, 0.5) is 11.4 Å². The number of aliphatic hydroxyl groups is 1. The van der Waals surface area contributed by atoms with Crippen molar-refractivity contribution in [1.29, 1.82) is 0 Å². The average molecular weight is 289 g/mol. The fourth-order valence-corrected chi connectivity index (χ4v) is 3.09. The van der Waals surface area contributed by atoms with E-state index in [0.29, 0.717) is 19.5 Å². The predicted molar refractivity (Wildman–Crippen MR) is 83.8 cm³/mol. The van der Waals surface area contributed by atoms with Crippen molar-refractivity contribution in [2.45, 2.75) is 31.8 Å². The van der Waals surface area contributed by atoms with Crippen molar-refractivity contribution in [1.82, 2.24) is 4.90 Å². The Bertz CT molecular complexity index is 542. The molecular weight excluding hydrogens is 266 g/mol. The van der Waals surface area contributed by atoms with Gasteiger partial charge in [-0.05, 0) is 38.3 Å². The molecule has 0 aliphatic carbocycles. The highest BCUT2D eigenvalue weighted by molar-refractivity contribution is 6.02. The second kappa shape index (κ2) is 5.56. The van der Waals surface area contributed by atoms with Crippen LogP contribution in [-0.2, 0) is 0 Å². The lowest BCUT2D eigenvalue weighted by Gasteiger charge is -2.26. The minimum atomic E-state index is -0.648. The SMILES string of the molecule is CC1(O)CCCN(C(=O)c2cccc3c2NCCN3)CC1. The number of nitrogens with one attached hydrogen (secondary N) is 2. The second-order valence-corrected chi connectivity index (χ2v) is 6.22. The third-order valence-corrected chi connectivity index (χ3v) is 4.39. The molecule has 2 aliphatic rings. The van der Waals surface area contributed by atoms with Crippen LogP contribution in [0.5, 0.6) is 0 Å². The molecule has 5 heteroatoms. The van der Waals surface area contributed by atoms with Crippen LogP contribution in [-0.4, -0.2) is 47.7 Å². The third kappa shape index (κ3) is 2.97. The van der Waals surface area contributed by atoms with Gasteiger partial charge in [-0.2, -0.15) is 0 Å². The number of para-hydroxylation sites is 1. The summed E-state index contributed by atoms with van der Waals surface area (Å²) in [4.78, 5) is 14.7. The van der Waals surface area contributed by atoms with Crippen LogP contribution in [0.3, 0.4) is 0 Å². The highest BCUT2D eigenvalue weighted by Gasteiger charge is 2.29. The summed E-state index contributed by atoms with van der Waals surface area (Å²) in [6.45, 7) is 4.88. The number of hydrogen-bond acceptors (Lipinski definition) is 4. The van der Waals surface area contributed by atoms with Crippen LogP contribution < -0.4 is 10.6 Å². The van der Waals surface area contributed by atoms with Gasteiger partial charge in [0, 0.05) is 26.2 Å². The van der Waals surface area contributed by atoms with E-state index < -0.39 is 5.60 Å². The average Bonchev–Trinajstić information content (AvgIpc) is 2.67. The van der Waals surface area contributed by atoms with E-state index in [4.69, 9.17) is 0 Å². The Balaban J connectivity index is 1.82. The molecule has 3 N–H and O–H groups in total. The Kier molecular flexibility index (Phi) is 3.76. The molecule has 0 radical (unpaired) electrons. The second-order valence-electron chi connectivity index (χ2n) is 6.22. The third-order valence-electron chi connectivity index (χ3n) is 4.39. The molecule has 1 aromatic carbocycles. The first-order valence-corrected chi connectivity index (χ1v) is 7.69. The van der Waals surface area contributed by atoms with Crippen LogP contribution in [0.2, 0.25) is 0 Å². The van der Waals surface area contributed by atoms with E-state index in [9.17, 15) is 9.90 Å². The Labute approximate surface area is 125 Å². The van der Waals surface area contributed by atoms with Crippen LogP contribution >= 0.6 is 0 Å². The summed E-state index contributed by atoms with van der Waals surface area (Å²) in [5.41, 5.74) is 1.98. The van der Waals surface area contributed by atoms with Gasteiger partial charge in [-0.3, -0.25) is 4.79 Å². The quantitative estimate of drug-likeness (QED) is 0.739. The predicted octanol–water partition coefficient (Wildman–Crippen LogP) is 1.90. The maximum atomic E-state index is 12.8. The van der Waals surface area contributed by atoms with Gasteiger partial charge in [-0.15, -0.1) is 0 Å². The summed E-state index contributed by atoms with van der Waals surface area (Å²) in [6, 6.07) is 5.79. The van der Waals surface area contributed by atoms with Crippen molar-refractivity contribution in [2.75, 3.05) is 36.8 Å². The van der Waals surface area contributed by atoms with Crippen LogP contribution in [0.15, 0.2) is 18.2 Å². The lowest BCUT2D eigenvalue weighted by molar-refractivity contribution is 0.0438. The minimum absolute atomic E-state index is 0.0563. The molecular formula is C16H23N3O2. The first-order chi connectivity index (χ1) is 10.1.